The lowest BCUT2D eigenvalue weighted by Crippen LogP contribution is -2.31. The van der Waals surface area contributed by atoms with Crippen molar-refractivity contribution in [3.63, 3.8) is 0 Å². The molecule has 0 unspecified atom stereocenters. The van der Waals surface area contributed by atoms with Crippen molar-refractivity contribution in [1.29, 1.82) is 0 Å². The maximum absolute atomic E-state index is 13.4. The Kier molecular flexibility index (Phi) is 3.62. The van der Waals surface area contributed by atoms with Crippen molar-refractivity contribution >= 4 is 22.1 Å². The van der Waals surface area contributed by atoms with Gasteiger partial charge in [0.15, 0.2) is 0 Å². The van der Waals surface area contributed by atoms with Crippen LogP contribution in [0.3, 0.4) is 0 Å². The van der Waals surface area contributed by atoms with Gasteiger partial charge in [0.05, 0.1) is 35.2 Å². The van der Waals surface area contributed by atoms with Gasteiger partial charge in [0.25, 0.3) is 0 Å². The van der Waals surface area contributed by atoms with Crippen molar-refractivity contribution in [3.8, 4) is 0 Å². The summed E-state index contributed by atoms with van der Waals surface area (Å²) in [6.45, 7) is 1.86. The molecule has 0 radical (unpaired) electrons. The molecule has 0 spiro atoms. The molecular weight excluding hydrogens is 376 g/mol. The molecule has 0 aliphatic carbocycles. The first-order valence-electron chi connectivity index (χ1n) is 10.2. The van der Waals surface area contributed by atoms with E-state index < -0.39 is 0 Å². The highest BCUT2D eigenvalue weighted by molar-refractivity contribution is 5.77. The summed E-state index contributed by atoms with van der Waals surface area (Å²) < 4.78 is 7.27. The number of fused-ring (bicyclic) bond motifs is 11. The molecule has 148 valence electrons. The van der Waals surface area contributed by atoms with E-state index >= 15 is 0 Å². The molecule has 0 N–H and O–H groups in total. The molecule has 3 heterocycles. The van der Waals surface area contributed by atoms with E-state index in [2.05, 4.69) is 0 Å². The van der Waals surface area contributed by atoms with E-state index in [-0.39, 0.29) is 11.4 Å². The predicted octanol–water partition coefficient (Wildman–Crippen LogP) is 3.03. The summed E-state index contributed by atoms with van der Waals surface area (Å²) in [4.78, 5) is 26.7. The summed E-state index contributed by atoms with van der Waals surface area (Å²) in [5.74, 6) is 0. The number of hydrogen-bond acceptors (Lipinski definition) is 2. The third-order valence-corrected chi connectivity index (χ3v) is 6.17. The number of aromatic nitrogens is 4. The van der Waals surface area contributed by atoms with E-state index in [1.54, 1.807) is 9.13 Å². The highest BCUT2D eigenvalue weighted by Gasteiger charge is 2.19. The molecule has 5 aromatic rings. The molecule has 6 rings (SSSR count). The highest BCUT2D eigenvalue weighted by Crippen LogP contribution is 2.20. The number of imidazole rings is 2. The highest BCUT2D eigenvalue weighted by atomic mass is 16.2. The summed E-state index contributed by atoms with van der Waals surface area (Å²) >= 11 is 0. The van der Waals surface area contributed by atoms with Gasteiger partial charge in [0.1, 0.15) is 0 Å². The second kappa shape index (κ2) is 6.35. The molecule has 0 atom stereocenters. The fourth-order valence-corrected chi connectivity index (χ4v) is 4.69. The van der Waals surface area contributed by atoms with Gasteiger partial charge in [0, 0.05) is 13.1 Å². The summed E-state index contributed by atoms with van der Waals surface area (Å²) in [7, 11) is 0. The van der Waals surface area contributed by atoms with Crippen LogP contribution in [0.25, 0.3) is 22.1 Å². The van der Waals surface area contributed by atoms with Crippen molar-refractivity contribution < 1.29 is 0 Å². The first-order valence-corrected chi connectivity index (χ1v) is 10.2. The van der Waals surface area contributed by atoms with Crippen LogP contribution in [0, 0.1) is 0 Å². The number of nitrogens with zero attached hydrogens (tertiary/aromatic N) is 4. The lowest BCUT2D eigenvalue weighted by molar-refractivity contribution is 0.548. The number of para-hydroxylation sites is 4. The SMILES string of the molecule is O=c1n2c3ccccc3n1Cc1ccccc1Cn1c(=O)n(c3ccccc31)CC2. The Morgan fingerprint density at radius 2 is 0.800 bits per heavy atom. The van der Waals surface area contributed by atoms with E-state index in [0.29, 0.717) is 26.2 Å². The molecule has 0 fully saturated rings. The largest absolute Gasteiger partial charge is 0.329 e. The third kappa shape index (κ3) is 2.37. The van der Waals surface area contributed by atoms with Gasteiger partial charge < -0.3 is 0 Å². The minimum absolute atomic E-state index is 0.0386. The van der Waals surface area contributed by atoms with Crippen molar-refractivity contribution in [3.05, 3.63) is 105 Å². The van der Waals surface area contributed by atoms with Crippen LogP contribution in [0.5, 0.6) is 0 Å². The van der Waals surface area contributed by atoms with Crippen LogP contribution in [0.1, 0.15) is 11.1 Å². The normalized spacial score (nSPS) is 13.7. The summed E-state index contributed by atoms with van der Waals surface area (Å²) in [6.07, 6.45) is 0. The molecule has 2 aromatic heterocycles. The molecule has 0 saturated heterocycles. The fraction of sp³-hybridized carbons (Fsp3) is 0.167. The van der Waals surface area contributed by atoms with E-state index in [0.717, 1.165) is 33.2 Å². The maximum atomic E-state index is 13.4. The summed E-state index contributed by atoms with van der Waals surface area (Å²) in [5, 5.41) is 0. The number of rotatable bonds is 0. The lowest BCUT2D eigenvalue weighted by Gasteiger charge is -2.12. The molecule has 4 bridgehead atoms. The van der Waals surface area contributed by atoms with Gasteiger partial charge in [-0.1, -0.05) is 48.5 Å². The van der Waals surface area contributed by atoms with E-state index in [1.165, 1.54) is 0 Å². The zero-order valence-electron chi connectivity index (χ0n) is 16.4. The average molecular weight is 396 g/mol. The van der Waals surface area contributed by atoms with Crippen LogP contribution in [0.4, 0.5) is 0 Å². The Labute approximate surface area is 171 Å². The van der Waals surface area contributed by atoms with Gasteiger partial charge in [-0.05, 0) is 35.4 Å². The molecule has 30 heavy (non-hydrogen) atoms. The molecular formula is C24H20N4O2. The zero-order valence-corrected chi connectivity index (χ0v) is 16.4. The Hall–Kier alpha value is -3.80. The summed E-state index contributed by atoms with van der Waals surface area (Å²) in [6, 6.07) is 23.8. The quantitative estimate of drug-likeness (QED) is 0.404. The number of benzene rings is 3. The minimum Gasteiger partial charge on any atom is -0.290 e. The molecule has 1 aliphatic heterocycles. The van der Waals surface area contributed by atoms with Crippen LogP contribution in [-0.4, -0.2) is 18.3 Å². The van der Waals surface area contributed by atoms with Gasteiger partial charge in [-0.2, -0.15) is 0 Å². The van der Waals surface area contributed by atoms with Crippen LogP contribution in [0.2, 0.25) is 0 Å². The van der Waals surface area contributed by atoms with E-state index in [4.69, 9.17) is 0 Å². The number of aryl methyl sites for hydroxylation is 2. The summed E-state index contributed by atoms with van der Waals surface area (Å²) in [5.41, 5.74) is 5.66. The molecule has 3 aromatic carbocycles. The maximum Gasteiger partial charge on any atom is 0.329 e. The minimum atomic E-state index is -0.0386. The molecule has 6 nitrogen and oxygen atoms in total. The number of hydrogen-bond donors (Lipinski definition) is 0. The van der Waals surface area contributed by atoms with Gasteiger partial charge in [-0.25, -0.2) is 9.59 Å². The third-order valence-electron chi connectivity index (χ3n) is 6.17. The second-order valence-corrected chi connectivity index (χ2v) is 7.79. The Morgan fingerprint density at radius 3 is 1.20 bits per heavy atom. The predicted molar refractivity (Wildman–Crippen MR) is 117 cm³/mol. The smallest absolute Gasteiger partial charge is 0.290 e. The van der Waals surface area contributed by atoms with Crippen molar-refractivity contribution in [2.24, 2.45) is 0 Å². The van der Waals surface area contributed by atoms with Gasteiger partial charge in [-0.15, -0.1) is 0 Å². The van der Waals surface area contributed by atoms with Crippen molar-refractivity contribution in [2.45, 2.75) is 26.2 Å². The first kappa shape index (κ1) is 17.1. The van der Waals surface area contributed by atoms with Gasteiger partial charge in [0.2, 0.25) is 0 Å². The molecule has 0 amide bonds. The van der Waals surface area contributed by atoms with Crippen LogP contribution in [-0.2, 0) is 26.2 Å². The van der Waals surface area contributed by atoms with Crippen molar-refractivity contribution in [2.75, 3.05) is 0 Å². The Bertz CT molecular complexity index is 1430. The van der Waals surface area contributed by atoms with Crippen molar-refractivity contribution in [1.82, 2.24) is 18.3 Å². The lowest BCUT2D eigenvalue weighted by atomic mass is 10.1. The van der Waals surface area contributed by atoms with Crippen LogP contribution < -0.4 is 11.4 Å². The fourth-order valence-electron chi connectivity index (χ4n) is 4.69. The van der Waals surface area contributed by atoms with Crippen LogP contribution in [0.15, 0.2) is 82.4 Å². The first-order chi connectivity index (χ1) is 14.7. The molecule has 0 saturated carbocycles. The second-order valence-electron chi connectivity index (χ2n) is 7.79. The Balaban J connectivity index is 1.69. The Morgan fingerprint density at radius 1 is 0.467 bits per heavy atom. The zero-order chi connectivity index (χ0) is 20.2. The van der Waals surface area contributed by atoms with Crippen LogP contribution >= 0.6 is 0 Å². The monoisotopic (exact) mass is 396 g/mol. The standard InChI is InChI=1S/C24H20N4O2/c29-23-25-13-14-26-20-10-4-6-12-22(20)28(24(26)30)16-18-8-2-1-7-17(18)15-27(23)21-11-5-3-9-19(21)25/h1-12H,13-16H2. The molecule has 6 heteroatoms. The van der Waals surface area contributed by atoms with E-state index in [9.17, 15) is 9.59 Å². The topological polar surface area (TPSA) is 53.9 Å². The average Bonchev–Trinajstić information content (AvgIpc) is 3.19. The van der Waals surface area contributed by atoms with Gasteiger partial charge >= 0.3 is 11.4 Å². The molecule has 1 aliphatic rings. The van der Waals surface area contributed by atoms with Gasteiger partial charge in [-0.3, -0.25) is 18.3 Å². The van der Waals surface area contributed by atoms with E-state index in [1.807, 2.05) is 81.9 Å².